The molecule has 0 saturated carbocycles. The zero-order valence-corrected chi connectivity index (χ0v) is 12.9. The normalized spacial score (nSPS) is 12.9. The summed E-state index contributed by atoms with van der Waals surface area (Å²) in [6.45, 7) is 2.79. The number of ether oxygens (including phenoxy) is 1. The number of amides is 2. The highest BCUT2D eigenvalue weighted by atomic mass is 19.3. The van der Waals surface area contributed by atoms with Crippen LogP contribution in [0.15, 0.2) is 24.3 Å². The minimum Gasteiger partial charge on any atom is -0.434 e. The van der Waals surface area contributed by atoms with Gasteiger partial charge in [-0.3, -0.25) is 0 Å². The number of nitrogens with one attached hydrogen (secondary N) is 2. The monoisotopic (exact) mass is 316 g/mol. The molecule has 0 spiro atoms. The van der Waals surface area contributed by atoms with Gasteiger partial charge in [0.2, 0.25) is 0 Å². The Morgan fingerprint density at radius 3 is 2.50 bits per heavy atom. The van der Waals surface area contributed by atoms with Crippen molar-refractivity contribution >= 4 is 6.03 Å². The van der Waals surface area contributed by atoms with Crippen molar-refractivity contribution in [3.05, 3.63) is 29.8 Å². The number of aliphatic hydroxyl groups excluding tert-OH is 1. The standard InChI is InChI=1S/C15H22F2N2O3/c1-15(2,3)12(20)9-19-14(21)18-8-10-6-4-5-7-11(10)22-13(16)17/h4-7,12-13,20H,8-9H2,1-3H3,(H2,18,19,21). The lowest BCUT2D eigenvalue weighted by Gasteiger charge is -2.25. The highest BCUT2D eigenvalue weighted by Crippen LogP contribution is 2.20. The number of alkyl halides is 2. The van der Waals surface area contributed by atoms with Crippen molar-refractivity contribution in [2.45, 2.75) is 40.0 Å². The Bertz CT molecular complexity index is 490. The van der Waals surface area contributed by atoms with Gasteiger partial charge in [-0.1, -0.05) is 39.0 Å². The SMILES string of the molecule is CC(C)(C)C(O)CNC(=O)NCc1ccccc1OC(F)F. The number of para-hydroxylation sites is 1. The van der Waals surface area contributed by atoms with Crippen LogP contribution in [0, 0.1) is 5.41 Å². The summed E-state index contributed by atoms with van der Waals surface area (Å²) in [7, 11) is 0. The Balaban J connectivity index is 2.48. The van der Waals surface area contributed by atoms with Crippen LogP contribution in [0.25, 0.3) is 0 Å². The van der Waals surface area contributed by atoms with Crippen LogP contribution >= 0.6 is 0 Å². The van der Waals surface area contributed by atoms with Gasteiger partial charge in [0.15, 0.2) is 0 Å². The number of aliphatic hydroxyl groups is 1. The van der Waals surface area contributed by atoms with Crippen LogP contribution in [0.2, 0.25) is 0 Å². The van der Waals surface area contributed by atoms with E-state index in [1.165, 1.54) is 6.07 Å². The third-order valence-corrected chi connectivity index (χ3v) is 3.08. The molecule has 0 aliphatic heterocycles. The van der Waals surface area contributed by atoms with Crippen molar-refractivity contribution in [2.24, 2.45) is 5.41 Å². The number of rotatable bonds is 6. The third-order valence-electron chi connectivity index (χ3n) is 3.08. The molecule has 1 atom stereocenters. The fourth-order valence-corrected chi connectivity index (χ4v) is 1.59. The number of hydrogen-bond acceptors (Lipinski definition) is 3. The predicted molar refractivity (Wildman–Crippen MR) is 78.8 cm³/mol. The maximum absolute atomic E-state index is 12.3. The van der Waals surface area contributed by atoms with Crippen LogP contribution in [0.3, 0.4) is 0 Å². The molecule has 0 heterocycles. The predicted octanol–water partition coefficient (Wildman–Crippen LogP) is 2.49. The minimum absolute atomic E-state index is 0.0209. The van der Waals surface area contributed by atoms with Gasteiger partial charge in [0.1, 0.15) is 5.75 Å². The van der Waals surface area contributed by atoms with E-state index < -0.39 is 18.7 Å². The number of carbonyl (C=O) groups is 1. The zero-order chi connectivity index (χ0) is 16.8. The maximum atomic E-state index is 12.3. The van der Waals surface area contributed by atoms with Crippen LogP contribution in [-0.2, 0) is 6.54 Å². The van der Waals surface area contributed by atoms with E-state index in [4.69, 9.17) is 0 Å². The molecular weight excluding hydrogens is 294 g/mol. The summed E-state index contributed by atoms with van der Waals surface area (Å²) in [5.74, 6) is 0.0209. The molecule has 1 unspecified atom stereocenters. The first-order valence-corrected chi connectivity index (χ1v) is 6.92. The van der Waals surface area contributed by atoms with Gasteiger partial charge < -0.3 is 20.5 Å². The van der Waals surface area contributed by atoms with Gasteiger partial charge in [-0.2, -0.15) is 8.78 Å². The Hall–Kier alpha value is -1.89. The van der Waals surface area contributed by atoms with Crippen molar-refractivity contribution in [2.75, 3.05) is 6.54 Å². The molecule has 0 aromatic heterocycles. The van der Waals surface area contributed by atoms with Crippen LogP contribution < -0.4 is 15.4 Å². The molecule has 0 radical (unpaired) electrons. The molecule has 2 amide bonds. The highest BCUT2D eigenvalue weighted by Gasteiger charge is 2.22. The van der Waals surface area contributed by atoms with Crippen molar-refractivity contribution in [3.8, 4) is 5.75 Å². The molecule has 5 nitrogen and oxygen atoms in total. The summed E-state index contributed by atoms with van der Waals surface area (Å²) in [6.07, 6.45) is -0.687. The number of benzene rings is 1. The van der Waals surface area contributed by atoms with Crippen LogP contribution in [0.1, 0.15) is 26.3 Å². The van der Waals surface area contributed by atoms with Crippen molar-refractivity contribution < 1.29 is 23.4 Å². The van der Waals surface area contributed by atoms with Crippen molar-refractivity contribution in [1.29, 1.82) is 0 Å². The van der Waals surface area contributed by atoms with E-state index in [2.05, 4.69) is 15.4 Å². The minimum atomic E-state index is -2.92. The average molecular weight is 316 g/mol. The van der Waals surface area contributed by atoms with Gasteiger partial charge in [-0.25, -0.2) is 4.79 Å². The summed E-state index contributed by atoms with van der Waals surface area (Å²) in [5.41, 5.74) is 0.0969. The van der Waals surface area contributed by atoms with Gasteiger partial charge in [0.25, 0.3) is 0 Å². The topological polar surface area (TPSA) is 70.6 Å². The van der Waals surface area contributed by atoms with Gasteiger partial charge in [0.05, 0.1) is 6.10 Å². The van der Waals surface area contributed by atoms with Crippen LogP contribution in [-0.4, -0.2) is 30.4 Å². The van der Waals surface area contributed by atoms with E-state index in [1.807, 2.05) is 20.8 Å². The maximum Gasteiger partial charge on any atom is 0.387 e. The van der Waals surface area contributed by atoms with Gasteiger partial charge in [-0.15, -0.1) is 0 Å². The zero-order valence-electron chi connectivity index (χ0n) is 12.9. The second-order valence-electron chi connectivity index (χ2n) is 5.93. The summed E-state index contributed by atoms with van der Waals surface area (Å²) in [4.78, 5) is 11.7. The Kier molecular flexibility index (Phi) is 6.55. The summed E-state index contributed by atoms with van der Waals surface area (Å²) < 4.78 is 28.9. The number of halogens is 2. The Morgan fingerprint density at radius 2 is 1.91 bits per heavy atom. The molecule has 0 fully saturated rings. The molecule has 3 N–H and O–H groups in total. The lowest BCUT2D eigenvalue weighted by Crippen LogP contribution is -2.43. The lowest BCUT2D eigenvalue weighted by atomic mass is 9.89. The van der Waals surface area contributed by atoms with Crippen molar-refractivity contribution in [1.82, 2.24) is 10.6 Å². The van der Waals surface area contributed by atoms with E-state index >= 15 is 0 Å². The van der Waals surface area contributed by atoms with E-state index in [-0.39, 0.29) is 24.3 Å². The quantitative estimate of drug-likeness (QED) is 0.755. The summed E-state index contributed by atoms with van der Waals surface area (Å²) >= 11 is 0. The first-order chi connectivity index (χ1) is 10.2. The molecule has 1 aromatic carbocycles. The van der Waals surface area contributed by atoms with E-state index in [9.17, 15) is 18.7 Å². The van der Waals surface area contributed by atoms with E-state index in [0.717, 1.165) is 0 Å². The average Bonchev–Trinajstić information content (AvgIpc) is 2.42. The molecule has 0 saturated heterocycles. The first kappa shape index (κ1) is 18.2. The van der Waals surface area contributed by atoms with Crippen LogP contribution in [0.5, 0.6) is 5.75 Å². The van der Waals surface area contributed by atoms with Crippen LogP contribution in [0.4, 0.5) is 13.6 Å². The lowest BCUT2D eigenvalue weighted by molar-refractivity contribution is -0.0504. The number of carbonyl (C=O) groups excluding carboxylic acids is 1. The summed E-state index contributed by atoms with van der Waals surface area (Å²) in [6, 6.07) is 5.74. The molecule has 7 heteroatoms. The largest absolute Gasteiger partial charge is 0.434 e. The molecule has 0 aliphatic rings. The smallest absolute Gasteiger partial charge is 0.387 e. The molecule has 124 valence electrons. The second-order valence-corrected chi connectivity index (χ2v) is 5.93. The number of urea groups is 1. The number of hydrogen-bond donors (Lipinski definition) is 3. The molecular formula is C15H22F2N2O3. The highest BCUT2D eigenvalue weighted by molar-refractivity contribution is 5.73. The van der Waals surface area contributed by atoms with Gasteiger partial charge in [0, 0.05) is 18.7 Å². The molecule has 0 aliphatic carbocycles. The summed E-state index contributed by atoms with van der Waals surface area (Å²) in [5, 5.41) is 14.9. The van der Waals surface area contributed by atoms with E-state index in [0.29, 0.717) is 5.56 Å². The molecule has 0 bridgehead atoms. The fourth-order valence-electron chi connectivity index (χ4n) is 1.59. The first-order valence-electron chi connectivity index (χ1n) is 6.92. The third kappa shape index (κ3) is 6.26. The Labute approximate surface area is 128 Å². The Morgan fingerprint density at radius 1 is 1.27 bits per heavy atom. The molecule has 1 rings (SSSR count). The fraction of sp³-hybridized carbons (Fsp3) is 0.533. The van der Waals surface area contributed by atoms with E-state index in [1.54, 1.807) is 18.2 Å². The van der Waals surface area contributed by atoms with Crippen molar-refractivity contribution in [3.63, 3.8) is 0 Å². The molecule has 22 heavy (non-hydrogen) atoms. The molecule has 1 aromatic rings. The van der Waals surface area contributed by atoms with Gasteiger partial charge in [-0.05, 0) is 11.5 Å². The second kappa shape index (κ2) is 7.93. The van der Waals surface area contributed by atoms with Gasteiger partial charge >= 0.3 is 12.6 Å².